The largest absolute Gasteiger partial charge is 0.368 e. The molecule has 7 heteroatoms. The first-order chi connectivity index (χ1) is 10.5. The molecule has 1 aliphatic heterocycles. The van der Waals surface area contributed by atoms with E-state index in [1.165, 1.54) is 0 Å². The number of halogens is 2. The highest BCUT2D eigenvalue weighted by Crippen LogP contribution is 2.31. The summed E-state index contributed by atoms with van der Waals surface area (Å²) in [5.74, 6) is -0.0952. The van der Waals surface area contributed by atoms with E-state index in [1.807, 2.05) is 12.1 Å². The minimum absolute atomic E-state index is 0.0952. The van der Waals surface area contributed by atoms with E-state index in [0.29, 0.717) is 15.6 Å². The Morgan fingerprint density at radius 2 is 2.23 bits per heavy atom. The van der Waals surface area contributed by atoms with E-state index in [2.05, 4.69) is 15.3 Å². The SMILES string of the molecule is Cn1cc(C(=O)N[C@H]2CCN(c3ccc(Cl)cc3Cl)C2)cn1. The van der Waals surface area contributed by atoms with Crippen molar-refractivity contribution in [1.82, 2.24) is 15.1 Å². The third-order valence-corrected chi connectivity index (χ3v) is 4.28. The van der Waals surface area contributed by atoms with Crippen LogP contribution in [0.2, 0.25) is 10.0 Å². The average Bonchev–Trinajstić information content (AvgIpc) is 3.08. The van der Waals surface area contributed by atoms with E-state index in [9.17, 15) is 4.79 Å². The number of carbonyl (C=O) groups excluding carboxylic acids is 1. The van der Waals surface area contributed by atoms with Crippen LogP contribution in [0.15, 0.2) is 30.6 Å². The van der Waals surface area contributed by atoms with Crippen molar-refractivity contribution in [2.75, 3.05) is 18.0 Å². The quantitative estimate of drug-likeness (QED) is 0.936. The fourth-order valence-corrected chi connectivity index (χ4v) is 3.17. The van der Waals surface area contributed by atoms with Gasteiger partial charge in [0.15, 0.2) is 0 Å². The molecule has 116 valence electrons. The summed E-state index contributed by atoms with van der Waals surface area (Å²) in [4.78, 5) is 14.3. The van der Waals surface area contributed by atoms with Crippen LogP contribution in [0.25, 0.3) is 0 Å². The van der Waals surface area contributed by atoms with Gasteiger partial charge in [-0.3, -0.25) is 9.48 Å². The second-order valence-corrected chi connectivity index (χ2v) is 6.25. The van der Waals surface area contributed by atoms with Crippen LogP contribution in [0.3, 0.4) is 0 Å². The maximum Gasteiger partial charge on any atom is 0.254 e. The number of hydrogen-bond acceptors (Lipinski definition) is 3. The number of rotatable bonds is 3. The highest BCUT2D eigenvalue weighted by molar-refractivity contribution is 6.36. The minimum atomic E-state index is -0.0952. The normalized spacial score (nSPS) is 17.8. The number of nitrogens with one attached hydrogen (secondary N) is 1. The predicted octanol–water partition coefficient (Wildman–Crippen LogP) is 2.74. The van der Waals surface area contributed by atoms with Crippen molar-refractivity contribution in [2.24, 2.45) is 7.05 Å². The molecule has 2 aromatic rings. The third kappa shape index (κ3) is 3.20. The van der Waals surface area contributed by atoms with Gasteiger partial charge in [-0.1, -0.05) is 23.2 Å². The van der Waals surface area contributed by atoms with E-state index in [-0.39, 0.29) is 11.9 Å². The Kier molecular flexibility index (Phi) is 4.27. The lowest BCUT2D eigenvalue weighted by atomic mass is 10.2. The van der Waals surface area contributed by atoms with Crippen LogP contribution in [0.4, 0.5) is 5.69 Å². The fourth-order valence-electron chi connectivity index (χ4n) is 2.64. The summed E-state index contributed by atoms with van der Waals surface area (Å²) >= 11 is 12.2. The number of carbonyl (C=O) groups is 1. The van der Waals surface area contributed by atoms with Crippen LogP contribution in [-0.2, 0) is 7.05 Å². The molecule has 1 aliphatic rings. The smallest absolute Gasteiger partial charge is 0.254 e. The number of aryl methyl sites for hydroxylation is 1. The van der Waals surface area contributed by atoms with Gasteiger partial charge in [0.2, 0.25) is 0 Å². The molecule has 1 saturated heterocycles. The number of nitrogens with zero attached hydrogens (tertiary/aromatic N) is 3. The van der Waals surface area contributed by atoms with Crippen molar-refractivity contribution >= 4 is 34.8 Å². The summed E-state index contributed by atoms with van der Waals surface area (Å²) in [6.45, 7) is 1.58. The van der Waals surface area contributed by atoms with Gasteiger partial charge in [0, 0.05) is 37.4 Å². The summed E-state index contributed by atoms with van der Waals surface area (Å²) in [5.41, 5.74) is 1.52. The Hall–Kier alpha value is -1.72. The molecule has 5 nitrogen and oxygen atoms in total. The van der Waals surface area contributed by atoms with Gasteiger partial charge in [0.25, 0.3) is 5.91 Å². The molecule has 22 heavy (non-hydrogen) atoms. The summed E-state index contributed by atoms with van der Waals surface area (Å²) in [6.07, 6.45) is 4.15. The summed E-state index contributed by atoms with van der Waals surface area (Å²) < 4.78 is 1.61. The zero-order chi connectivity index (χ0) is 15.7. The van der Waals surface area contributed by atoms with Gasteiger partial charge >= 0.3 is 0 Å². The van der Waals surface area contributed by atoms with Gasteiger partial charge in [0.1, 0.15) is 0 Å². The van der Waals surface area contributed by atoms with E-state index < -0.39 is 0 Å². The number of amides is 1. The molecule has 0 aliphatic carbocycles. The van der Waals surface area contributed by atoms with Gasteiger partial charge in [-0.05, 0) is 24.6 Å². The highest BCUT2D eigenvalue weighted by Gasteiger charge is 2.26. The minimum Gasteiger partial charge on any atom is -0.368 e. The Balaban J connectivity index is 1.64. The molecule has 0 spiro atoms. The molecule has 1 fully saturated rings. The molecule has 1 N–H and O–H groups in total. The molecule has 2 heterocycles. The first-order valence-electron chi connectivity index (χ1n) is 7.02. The molecular formula is C15H16Cl2N4O. The second-order valence-electron chi connectivity index (χ2n) is 5.40. The summed E-state index contributed by atoms with van der Waals surface area (Å²) in [6, 6.07) is 5.57. The summed E-state index contributed by atoms with van der Waals surface area (Å²) in [5, 5.41) is 8.30. The number of benzene rings is 1. The Labute approximate surface area is 138 Å². The van der Waals surface area contributed by atoms with Crippen molar-refractivity contribution < 1.29 is 4.79 Å². The maximum atomic E-state index is 12.1. The Bertz CT molecular complexity index is 701. The zero-order valence-corrected chi connectivity index (χ0v) is 13.6. The van der Waals surface area contributed by atoms with E-state index in [4.69, 9.17) is 23.2 Å². The van der Waals surface area contributed by atoms with Gasteiger partial charge in [-0.25, -0.2) is 0 Å². The molecule has 1 atom stereocenters. The van der Waals surface area contributed by atoms with E-state index >= 15 is 0 Å². The monoisotopic (exact) mass is 338 g/mol. The molecule has 1 amide bonds. The van der Waals surface area contributed by atoms with Gasteiger partial charge in [-0.2, -0.15) is 5.10 Å². The third-order valence-electron chi connectivity index (χ3n) is 3.74. The first-order valence-corrected chi connectivity index (χ1v) is 7.78. The fraction of sp³-hybridized carbons (Fsp3) is 0.333. The Morgan fingerprint density at radius 3 is 2.91 bits per heavy atom. The van der Waals surface area contributed by atoms with Gasteiger partial charge in [0.05, 0.1) is 22.5 Å². The molecule has 1 aromatic carbocycles. The zero-order valence-electron chi connectivity index (χ0n) is 12.1. The topological polar surface area (TPSA) is 50.2 Å². The van der Waals surface area contributed by atoms with Crippen LogP contribution in [-0.4, -0.2) is 34.8 Å². The predicted molar refractivity (Wildman–Crippen MR) is 87.8 cm³/mol. The molecule has 0 bridgehead atoms. The molecular weight excluding hydrogens is 323 g/mol. The lowest BCUT2D eigenvalue weighted by Crippen LogP contribution is -2.37. The molecule has 1 aromatic heterocycles. The maximum absolute atomic E-state index is 12.1. The van der Waals surface area contributed by atoms with Crippen LogP contribution < -0.4 is 10.2 Å². The Morgan fingerprint density at radius 1 is 1.41 bits per heavy atom. The van der Waals surface area contributed by atoms with Gasteiger partial charge in [-0.15, -0.1) is 0 Å². The van der Waals surface area contributed by atoms with Crippen molar-refractivity contribution in [2.45, 2.75) is 12.5 Å². The van der Waals surface area contributed by atoms with Crippen LogP contribution in [0, 0.1) is 0 Å². The van der Waals surface area contributed by atoms with Crippen molar-refractivity contribution in [3.05, 3.63) is 46.2 Å². The molecule has 0 unspecified atom stereocenters. The lowest BCUT2D eigenvalue weighted by Gasteiger charge is -2.20. The van der Waals surface area contributed by atoms with Crippen molar-refractivity contribution in [3.8, 4) is 0 Å². The van der Waals surface area contributed by atoms with Crippen LogP contribution in [0.1, 0.15) is 16.8 Å². The van der Waals surface area contributed by atoms with Gasteiger partial charge < -0.3 is 10.2 Å². The molecule has 3 rings (SSSR count). The van der Waals surface area contributed by atoms with Crippen molar-refractivity contribution in [3.63, 3.8) is 0 Å². The summed E-state index contributed by atoms with van der Waals surface area (Å²) in [7, 11) is 1.79. The van der Waals surface area contributed by atoms with E-state index in [0.717, 1.165) is 25.2 Å². The van der Waals surface area contributed by atoms with Crippen LogP contribution in [0.5, 0.6) is 0 Å². The van der Waals surface area contributed by atoms with Crippen LogP contribution >= 0.6 is 23.2 Å². The number of anilines is 1. The number of aromatic nitrogens is 2. The van der Waals surface area contributed by atoms with E-state index in [1.54, 1.807) is 30.2 Å². The van der Waals surface area contributed by atoms with Crippen molar-refractivity contribution in [1.29, 1.82) is 0 Å². The number of hydrogen-bond donors (Lipinski definition) is 1. The first kappa shape index (κ1) is 15.2. The lowest BCUT2D eigenvalue weighted by molar-refractivity contribution is 0.0940. The molecule has 0 radical (unpaired) electrons. The molecule has 0 saturated carbocycles. The standard InChI is InChI=1S/C15H16Cl2N4O/c1-20-8-10(7-18-20)15(22)19-12-4-5-21(9-12)14-3-2-11(16)6-13(14)17/h2-3,6-8,12H,4-5,9H2,1H3,(H,19,22)/t12-/m0/s1. The second kappa shape index (κ2) is 6.18. The average molecular weight is 339 g/mol. The highest BCUT2D eigenvalue weighted by atomic mass is 35.5.